The predicted molar refractivity (Wildman–Crippen MR) is 122 cm³/mol. The molecule has 3 aromatic rings. The van der Waals surface area contributed by atoms with Gasteiger partial charge >= 0.3 is 11.9 Å². The third kappa shape index (κ3) is 3.73. The fourth-order valence-electron chi connectivity index (χ4n) is 3.98. The summed E-state index contributed by atoms with van der Waals surface area (Å²) in [5.41, 5.74) is 4.23. The van der Waals surface area contributed by atoms with Gasteiger partial charge in [0.05, 0.1) is 41.8 Å². The van der Waals surface area contributed by atoms with Crippen LogP contribution in [0.1, 0.15) is 25.3 Å². The minimum atomic E-state index is -0.703. The first-order chi connectivity index (χ1) is 15.5. The van der Waals surface area contributed by atoms with E-state index in [1.54, 1.807) is 18.5 Å². The van der Waals surface area contributed by atoms with Gasteiger partial charge in [-0.25, -0.2) is 14.3 Å². The normalized spacial score (nSPS) is 14.4. The molecule has 164 valence electrons. The average Bonchev–Trinajstić information content (AvgIpc) is 3.48. The van der Waals surface area contributed by atoms with Crippen LogP contribution in [-0.4, -0.2) is 35.9 Å². The molecule has 2 aromatic heterocycles. The van der Waals surface area contributed by atoms with Crippen LogP contribution in [-0.2, 0) is 19.1 Å². The van der Waals surface area contributed by atoms with Crippen molar-refractivity contribution in [2.24, 2.45) is 0 Å². The Kier molecular flexibility index (Phi) is 5.96. The summed E-state index contributed by atoms with van der Waals surface area (Å²) in [7, 11) is 2.66. The molecular formula is C24H23N3O4S. The first kappa shape index (κ1) is 21.6. The number of carbonyl (C=O) groups excluding carboxylic acids is 2. The lowest BCUT2D eigenvalue weighted by atomic mass is 9.80. The zero-order valence-electron chi connectivity index (χ0n) is 18.2. The molecule has 0 amide bonds. The maximum Gasteiger partial charge on any atom is 0.336 e. The number of nitrogens with zero attached hydrogens (tertiary/aromatic N) is 2. The number of carbonyl (C=O) groups is 2. The van der Waals surface area contributed by atoms with Gasteiger partial charge in [-0.3, -0.25) is 0 Å². The molecule has 1 N–H and O–H groups in total. The number of methoxy groups -OCH3 is 2. The molecule has 0 saturated carbocycles. The summed E-state index contributed by atoms with van der Waals surface area (Å²) < 4.78 is 12.0. The minimum absolute atomic E-state index is 0.351. The average molecular weight is 450 g/mol. The lowest BCUT2D eigenvalue weighted by Crippen LogP contribution is -2.32. The van der Waals surface area contributed by atoms with Crippen LogP contribution < -0.4 is 5.32 Å². The van der Waals surface area contributed by atoms with Gasteiger partial charge in [-0.05, 0) is 37.4 Å². The number of rotatable bonds is 5. The van der Waals surface area contributed by atoms with Crippen LogP contribution in [0.3, 0.4) is 0 Å². The first-order valence-corrected chi connectivity index (χ1v) is 10.9. The van der Waals surface area contributed by atoms with Gasteiger partial charge in [-0.2, -0.15) is 5.10 Å². The second kappa shape index (κ2) is 8.84. The highest BCUT2D eigenvalue weighted by molar-refractivity contribution is 7.13. The van der Waals surface area contributed by atoms with E-state index < -0.39 is 17.9 Å². The Morgan fingerprint density at radius 3 is 2.12 bits per heavy atom. The highest BCUT2D eigenvalue weighted by atomic mass is 32.1. The Labute approximate surface area is 190 Å². The lowest BCUT2D eigenvalue weighted by molar-refractivity contribution is -0.137. The summed E-state index contributed by atoms with van der Waals surface area (Å²) in [4.78, 5) is 26.7. The summed E-state index contributed by atoms with van der Waals surface area (Å²) in [6.45, 7) is 3.59. The Morgan fingerprint density at radius 2 is 1.59 bits per heavy atom. The van der Waals surface area contributed by atoms with Crippen LogP contribution in [0.2, 0.25) is 0 Å². The van der Waals surface area contributed by atoms with Gasteiger partial charge in [0.15, 0.2) is 0 Å². The summed E-state index contributed by atoms with van der Waals surface area (Å²) >= 11 is 1.54. The molecule has 32 heavy (non-hydrogen) atoms. The number of para-hydroxylation sites is 1. The number of nitrogens with one attached hydrogen (secondary N) is 1. The number of allylic oxidation sites excluding steroid dienone is 2. The first-order valence-electron chi connectivity index (χ1n) is 10.00. The van der Waals surface area contributed by atoms with Crippen molar-refractivity contribution in [2.45, 2.75) is 19.8 Å². The molecule has 1 aromatic carbocycles. The van der Waals surface area contributed by atoms with Crippen molar-refractivity contribution in [3.05, 3.63) is 82.1 Å². The van der Waals surface area contributed by atoms with Crippen molar-refractivity contribution < 1.29 is 19.1 Å². The van der Waals surface area contributed by atoms with Crippen LogP contribution in [0.25, 0.3) is 16.3 Å². The number of dihydropyridines is 1. The van der Waals surface area contributed by atoms with Gasteiger partial charge in [0.2, 0.25) is 0 Å². The molecule has 3 heterocycles. The molecule has 1 aliphatic rings. The molecule has 8 heteroatoms. The quantitative estimate of drug-likeness (QED) is 0.589. The van der Waals surface area contributed by atoms with Crippen molar-refractivity contribution in [1.29, 1.82) is 0 Å². The molecule has 0 unspecified atom stereocenters. The van der Waals surface area contributed by atoms with Crippen LogP contribution in [0.15, 0.2) is 76.6 Å². The molecule has 1 aliphatic heterocycles. The molecule has 0 radical (unpaired) electrons. The Bertz CT molecular complexity index is 1190. The van der Waals surface area contributed by atoms with Crippen molar-refractivity contribution in [3.8, 4) is 16.3 Å². The second-order valence-electron chi connectivity index (χ2n) is 7.31. The van der Waals surface area contributed by atoms with Gasteiger partial charge in [-0.15, -0.1) is 11.3 Å². The van der Waals surface area contributed by atoms with Crippen molar-refractivity contribution >= 4 is 23.3 Å². The number of benzene rings is 1. The van der Waals surface area contributed by atoms with E-state index in [0.717, 1.165) is 16.1 Å². The summed E-state index contributed by atoms with van der Waals surface area (Å²) in [5, 5.41) is 9.95. The van der Waals surface area contributed by atoms with E-state index in [-0.39, 0.29) is 0 Å². The molecule has 0 aliphatic carbocycles. The van der Waals surface area contributed by atoms with E-state index in [1.165, 1.54) is 25.6 Å². The largest absolute Gasteiger partial charge is 0.466 e. The molecule has 0 fully saturated rings. The zero-order valence-corrected chi connectivity index (χ0v) is 19.0. The third-order valence-corrected chi connectivity index (χ3v) is 6.28. The van der Waals surface area contributed by atoms with Crippen molar-refractivity contribution in [3.63, 3.8) is 0 Å². The van der Waals surface area contributed by atoms with E-state index >= 15 is 0 Å². The highest BCUT2D eigenvalue weighted by Gasteiger charge is 2.40. The minimum Gasteiger partial charge on any atom is -0.466 e. The Morgan fingerprint density at radius 1 is 0.969 bits per heavy atom. The van der Waals surface area contributed by atoms with E-state index in [9.17, 15) is 9.59 Å². The van der Waals surface area contributed by atoms with Gasteiger partial charge in [0.25, 0.3) is 0 Å². The number of thiophene rings is 1. The topological polar surface area (TPSA) is 82.5 Å². The predicted octanol–water partition coefficient (Wildman–Crippen LogP) is 4.18. The monoisotopic (exact) mass is 449 g/mol. The molecule has 4 rings (SSSR count). The number of hydrogen-bond donors (Lipinski definition) is 1. The maximum absolute atomic E-state index is 12.9. The van der Waals surface area contributed by atoms with Crippen molar-refractivity contribution in [2.75, 3.05) is 14.2 Å². The Balaban J connectivity index is 2.01. The summed E-state index contributed by atoms with van der Waals surface area (Å²) in [6, 6.07) is 13.6. The SMILES string of the molecule is COC(=O)C1=C(C)NC(C)=C(C(=O)OC)C1c1cn(-c2ccccc2)nc1-c1cccs1. The fourth-order valence-corrected chi connectivity index (χ4v) is 4.71. The van der Waals surface area contributed by atoms with Gasteiger partial charge in [-0.1, -0.05) is 24.3 Å². The Hall–Kier alpha value is -3.65. The van der Waals surface area contributed by atoms with Gasteiger partial charge in [0.1, 0.15) is 5.69 Å². The summed E-state index contributed by atoms with van der Waals surface area (Å²) in [6.07, 6.45) is 1.87. The maximum atomic E-state index is 12.9. The number of aromatic nitrogens is 2. The zero-order chi connectivity index (χ0) is 22.8. The molecule has 7 nitrogen and oxygen atoms in total. The van der Waals surface area contributed by atoms with Crippen LogP contribution in [0.5, 0.6) is 0 Å². The van der Waals surface area contributed by atoms with Crippen LogP contribution >= 0.6 is 11.3 Å². The van der Waals surface area contributed by atoms with Crippen LogP contribution in [0, 0.1) is 0 Å². The van der Waals surface area contributed by atoms with Crippen molar-refractivity contribution in [1.82, 2.24) is 15.1 Å². The number of esters is 2. The molecule has 0 bridgehead atoms. The van der Waals surface area contributed by atoms with Gasteiger partial charge < -0.3 is 14.8 Å². The van der Waals surface area contributed by atoms with E-state index in [4.69, 9.17) is 14.6 Å². The summed E-state index contributed by atoms with van der Waals surface area (Å²) in [5.74, 6) is -1.73. The third-order valence-electron chi connectivity index (χ3n) is 5.40. The van der Waals surface area contributed by atoms with Crippen LogP contribution in [0.4, 0.5) is 0 Å². The van der Waals surface area contributed by atoms with Gasteiger partial charge in [0, 0.05) is 23.2 Å². The smallest absolute Gasteiger partial charge is 0.336 e. The van der Waals surface area contributed by atoms with E-state index in [0.29, 0.717) is 28.2 Å². The fraction of sp³-hybridized carbons (Fsp3) is 0.208. The lowest BCUT2D eigenvalue weighted by Gasteiger charge is -2.29. The molecule has 0 atom stereocenters. The standard InChI is InChI=1S/C24H23N3O4S/c1-14-19(23(28)30-3)21(20(15(2)25-14)24(29)31-4)17-13-27(16-9-6-5-7-10-16)26-22(17)18-11-8-12-32-18/h5-13,21,25H,1-4H3. The molecule has 0 saturated heterocycles. The molecule has 0 spiro atoms. The number of hydrogen-bond acceptors (Lipinski definition) is 7. The second-order valence-corrected chi connectivity index (χ2v) is 8.26. The highest BCUT2D eigenvalue weighted by Crippen LogP contribution is 2.43. The van der Waals surface area contributed by atoms with E-state index in [2.05, 4.69) is 5.32 Å². The number of ether oxygens (including phenoxy) is 2. The molecular weight excluding hydrogens is 426 g/mol. The van der Waals surface area contributed by atoms with E-state index in [1.807, 2.05) is 54.0 Å².